The lowest BCUT2D eigenvalue weighted by Crippen LogP contribution is -2.12. The van der Waals surface area contributed by atoms with Gasteiger partial charge in [0.1, 0.15) is 5.82 Å². The third-order valence-corrected chi connectivity index (χ3v) is 2.37. The van der Waals surface area contributed by atoms with Gasteiger partial charge in [-0.1, -0.05) is 30.3 Å². The smallest absolute Gasteiger partial charge is 0.148 e. The van der Waals surface area contributed by atoms with Crippen LogP contribution in [0, 0.1) is 0 Å². The largest absolute Gasteiger partial charge is 0.387 e. The molecule has 0 radical (unpaired) electrons. The van der Waals surface area contributed by atoms with Crippen molar-refractivity contribution in [3.05, 3.63) is 48.2 Å². The first-order chi connectivity index (χ1) is 7.75. The van der Waals surface area contributed by atoms with E-state index in [4.69, 9.17) is 0 Å². The van der Waals surface area contributed by atoms with Crippen LogP contribution in [0.15, 0.2) is 42.6 Å². The van der Waals surface area contributed by atoms with Gasteiger partial charge in [-0.05, 0) is 5.56 Å². The number of aliphatic hydroxyl groups is 1. The van der Waals surface area contributed by atoms with Crippen molar-refractivity contribution >= 4 is 5.82 Å². The molecule has 0 spiro atoms. The second-order valence-corrected chi connectivity index (χ2v) is 3.68. The Bertz CT molecular complexity index is 439. The third-order valence-electron chi connectivity index (χ3n) is 2.37. The fourth-order valence-electron chi connectivity index (χ4n) is 1.50. The number of nitrogens with one attached hydrogen (secondary N) is 1. The first-order valence-electron chi connectivity index (χ1n) is 5.22. The van der Waals surface area contributed by atoms with Crippen LogP contribution in [0.2, 0.25) is 0 Å². The third kappa shape index (κ3) is 2.61. The molecule has 1 aromatic heterocycles. The van der Waals surface area contributed by atoms with E-state index in [1.807, 2.05) is 49.6 Å². The number of aliphatic hydroxyl groups excluding tert-OH is 1. The lowest BCUT2D eigenvalue weighted by molar-refractivity contribution is 0.191. The SMILES string of the molecule is Cn1ccc(NCC(O)c2ccccc2)n1. The van der Waals surface area contributed by atoms with Gasteiger partial charge in [0.15, 0.2) is 0 Å². The molecule has 0 fully saturated rings. The molecule has 2 rings (SSSR count). The van der Waals surface area contributed by atoms with Crippen molar-refractivity contribution < 1.29 is 5.11 Å². The van der Waals surface area contributed by atoms with E-state index in [1.54, 1.807) is 4.68 Å². The summed E-state index contributed by atoms with van der Waals surface area (Å²) in [5, 5.41) is 17.1. The van der Waals surface area contributed by atoms with Gasteiger partial charge in [-0.3, -0.25) is 4.68 Å². The maximum atomic E-state index is 9.89. The maximum Gasteiger partial charge on any atom is 0.148 e. The van der Waals surface area contributed by atoms with Gasteiger partial charge in [0.25, 0.3) is 0 Å². The van der Waals surface area contributed by atoms with Gasteiger partial charge in [-0.2, -0.15) is 5.10 Å². The number of nitrogens with zero attached hydrogens (tertiary/aromatic N) is 2. The van der Waals surface area contributed by atoms with Crippen LogP contribution in [-0.2, 0) is 7.05 Å². The Morgan fingerprint density at radius 2 is 2.06 bits per heavy atom. The van der Waals surface area contributed by atoms with Crippen molar-refractivity contribution in [3.8, 4) is 0 Å². The zero-order chi connectivity index (χ0) is 11.4. The fraction of sp³-hybridized carbons (Fsp3) is 0.250. The highest BCUT2D eigenvalue weighted by atomic mass is 16.3. The van der Waals surface area contributed by atoms with Crippen LogP contribution in [0.1, 0.15) is 11.7 Å². The molecule has 1 atom stereocenters. The molecule has 0 saturated heterocycles. The van der Waals surface area contributed by atoms with Crippen molar-refractivity contribution in [2.45, 2.75) is 6.10 Å². The van der Waals surface area contributed by atoms with Crippen LogP contribution >= 0.6 is 0 Å². The normalized spacial score (nSPS) is 12.4. The van der Waals surface area contributed by atoms with Gasteiger partial charge in [-0.15, -0.1) is 0 Å². The topological polar surface area (TPSA) is 50.1 Å². The molecule has 0 saturated carbocycles. The van der Waals surface area contributed by atoms with Crippen molar-refractivity contribution in [2.24, 2.45) is 7.05 Å². The lowest BCUT2D eigenvalue weighted by Gasteiger charge is -2.11. The highest BCUT2D eigenvalue weighted by Gasteiger charge is 2.06. The van der Waals surface area contributed by atoms with E-state index in [0.717, 1.165) is 11.4 Å². The zero-order valence-corrected chi connectivity index (χ0v) is 9.17. The molecule has 2 N–H and O–H groups in total. The summed E-state index contributed by atoms with van der Waals surface area (Å²) in [6, 6.07) is 11.5. The van der Waals surface area contributed by atoms with E-state index < -0.39 is 6.10 Å². The van der Waals surface area contributed by atoms with E-state index in [9.17, 15) is 5.11 Å². The summed E-state index contributed by atoms with van der Waals surface area (Å²) >= 11 is 0. The van der Waals surface area contributed by atoms with Gasteiger partial charge >= 0.3 is 0 Å². The van der Waals surface area contributed by atoms with Gasteiger partial charge < -0.3 is 10.4 Å². The summed E-state index contributed by atoms with van der Waals surface area (Å²) in [7, 11) is 1.86. The minimum absolute atomic E-state index is 0.459. The van der Waals surface area contributed by atoms with Crippen LogP contribution in [0.4, 0.5) is 5.82 Å². The van der Waals surface area contributed by atoms with E-state index in [-0.39, 0.29) is 0 Å². The summed E-state index contributed by atoms with van der Waals surface area (Å²) in [6.45, 7) is 0.459. The second-order valence-electron chi connectivity index (χ2n) is 3.68. The quantitative estimate of drug-likeness (QED) is 0.817. The van der Waals surface area contributed by atoms with Gasteiger partial charge in [0, 0.05) is 25.9 Å². The van der Waals surface area contributed by atoms with Crippen LogP contribution in [-0.4, -0.2) is 21.4 Å². The minimum atomic E-state index is -0.511. The van der Waals surface area contributed by atoms with Crippen molar-refractivity contribution in [2.75, 3.05) is 11.9 Å². The number of anilines is 1. The summed E-state index contributed by atoms with van der Waals surface area (Å²) < 4.78 is 1.72. The molecule has 1 heterocycles. The number of aromatic nitrogens is 2. The van der Waals surface area contributed by atoms with Crippen LogP contribution in [0.5, 0.6) is 0 Å². The molecule has 0 bridgehead atoms. The van der Waals surface area contributed by atoms with E-state index in [0.29, 0.717) is 6.54 Å². The number of aryl methyl sites for hydroxylation is 1. The first-order valence-corrected chi connectivity index (χ1v) is 5.22. The summed E-state index contributed by atoms with van der Waals surface area (Å²) in [5.41, 5.74) is 0.908. The van der Waals surface area contributed by atoms with Crippen LogP contribution < -0.4 is 5.32 Å². The Morgan fingerprint density at radius 1 is 1.31 bits per heavy atom. The Labute approximate surface area is 94.5 Å². The average molecular weight is 217 g/mol. The maximum absolute atomic E-state index is 9.89. The Balaban J connectivity index is 1.91. The molecule has 4 heteroatoms. The minimum Gasteiger partial charge on any atom is -0.387 e. The number of rotatable bonds is 4. The predicted molar refractivity (Wildman–Crippen MR) is 63.1 cm³/mol. The fourth-order valence-corrected chi connectivity index (χ4v) is 1.50. The number of hydrogen-bond donors (Lipinski definition) is 2. The molecule has 16 heavy (non-hydrogen) atoms. The van der Waals surface area contributed by atoms with Crippen molar-refractivity contribution in [1.29, 1.82) is 0 Å². The molecule has 4 nitrogen and oxygen atoms in total. The molecule has 0 amide bonds. The molecule has 2 aromatic rings. The first kappa shape index (κ1) is 10.7. The van der Waals surface area contributed by atoms with Crippen molar-refractivity contribution in [3.63, 3.8) is 0 Å². The Kier molecular flexibility index (Phi) is 3.22. The Hall–Kier alpha value is -1.81. The highest BCUT2D eigenvalue weighted by Crippen LogP contribution is 2.12. The van der Waals surface area contributed by atoms with Gasteiger partial charge in [-0.25, -0.2) is 0 Å². The molecular formula is C12H15N3O. The molecule has 1 aromatic carbocycles. The van der Waals surface area contributed by atoms with E-state index in [2.05, 4.69) is 10.4 Å². The van der Waals surface area contributed by atoms with Gasteiger partial charge in [0.2, 0.25) is 0 Å². The summed E-state index contributed by atoms with van der Waals surface area (Å²) in [5.74, 6) is 0.775. The summed E-state index contributed by atoms with van der Waals surface area (Å²) in [6.07, 6.45) is 1.35. The zero-order valence-electron chi connectivity index (χ0n) is 9.17. The monoisotopic (exact) mass is 217 g/mol. The molecule has 84 valence electrons. The Morgan fingerprint density at radius 3 is 2.69 bits per heavy atom. The number of hydrogen-bond acceptors (Lipinski definition) is 3. The number of benzene rings is 1. The molecule has 1 unspecified atom stereocenters. The van der Waals surface area contributed by atoms with Crippen molar-refractivity contribution in [1.82, 2.24) is 9.78 Å². The van der Waals surface area contributed by atoms with E-state index >= 15 is 0 Å². The molecular weight excluding hydrogens is 202 g/mol. The molecule has 0 aliphatic carbocycles. The second kappa shape index (κ2) is 4.81. The van der Waals surface area contributed by atoms with Gasteiger partial charge in [0.05, 0.1) is 6.10 Å². The van der Waals surface area contributed by atoms with Crippen LogP contribution in [0.3, 0.4) is 0 Å². The standard InChI is InChI=1S/C12H15N3O/c1-15-8-7-12(14-15)13-9-11(16)10-5-3-2-4-6-10/h2-8,11,16H,9H2,1H3,(H,13,14). The summed E-state index contributed by atoms with van der Waals surface area (Å²) in [4.78, 5) is 0. The average Bonchev–Trinajstić information content (AvgIpc) is 2.73. The lowest BCUT2D eigenvalue weighted by atomic mass is 10.1. The highest BCUT2D eigenvalue weighted by molar-refractivity contribution is 5.33. The molecule has 0 aliphatic heterocycles. The molecule has 0 aliphatic rings. The van der Waals surface area contributed by atoms with Crippen LogP contribution in [0.25, 0.3) is 0 Å². The van der Waals surface area contributed by atoms with E-state index in [1.165, 1.54) is 0 Å². The predicted octanol–water partition coefficient (Wildman–Crippen LogP) is 1.57.